The van der Waals surface area contributed by atoms with Crippen molar-refractivity contribution in [2.75, 3.05) is 19.5 Å². The van der Waals surface area contributed by atoms with Crippen LogP contribution in [0.2, 0.25) is 0 Å². The molecular formula is C6H12BF3NO-. The van der Waals surface area contributed by atoms with E-state index < -0.39 is 19.5 Å². The Bertz CT molecular complexity index is 144. The second kappa shape index (κ2) is 3.66. The van der Waals surface area contributed by atoms with Gasteiger partial charge in [0.1, 0.15) is 0 Å². The van der Waals surface area contributed by atoms with E-state index in [9.17, 15) is 12.9 Å². The highest BCUT2D eigenvalue weighted by Crippen LogP contribution is 2.15. The van der Waals surface area contributed by atoms with Gasteiger partial charge in [-0.15, -0.1) is 0 Å². The van der Waals surface area contributed by atoms with Crippen LogP contribution >= 0.6 is 0 Å². The minimum Gasteiger partial charge on any atom is -0.448 e. The van der Waals surface area contributed by atoms with Crippen LogP contribution in [0.5, 0.6) is 0 Å². The minimum absolute atomic E-state index is 0.364. The molecule has 1 aliphatic heterocycles. The Morgan fingerprint density at radius 2 is 1.75 bits per heavy atom. The molecule has 0 aromatic rings. The van der Waals surface area contributed by atoms with Gasteiger partial charge in [-0.1, -0.05) is 0 Å². The molecule has 12 heavy (non-hydrogen) atoms. The average Bonchev–Trinajstić information content (AvgIpc) is 1.91. The van der Waals surface area contributed by atoms with Crippen LogP contribution in [-0.4, -0.2) is 42.6 Å². The highest BCUT2D eigenvalue weighted by atomic mass is 19.4. The first kappa shape index (κ1) is 9.86. The van der Waals surface area contributed by atoms with Crippen molar-refractivity contribution in [3.63, 3.8) is 0 Å². The first-order valence-electron chi connectivity index (χ1n) is 4.09. The fraction of sp³-hybridized carbons (Fsp3) is 1.00. The third-order valence-electron chi connectivity index (χ3n) is 2.02. The van der Waals surface area contributed by atoms with Gasteiger partial charge >= 0.3 is 6.98 Å². The van der Waals surface area contributed by atoms with Crippen LogP contribution in [0.3, 0.4) is 0 Å². The maximum atomic E-state index is 11.9. The lowest BCUT2D eigenvalue weighted by atomic mass is 9.90. The number of aliphatic hydroxyl groups excluding tert-OH is 1. The molecule has 6 heteroatoms. The van der Waals surface area contributed by atoms with Gasteiger partial charge in [0.05, 0.1) is 6.10 Å². The van der Waals surface area contributed by atoms with Crippen molar-refractivity contribution >= 4 is 6.98 Å². The zero-order chi connectivity index (χ0) is 9.19. The Morgan fingerprint density at radius 1 is 1.25 bits per heavy atom. The molecule has 0 aromatic heterocycles. The molecule has 0 spiro atoms. The molecule has 72 valence electrons. The number of nitrogens with zero attached hydrogens (tertiary/aromatic N) is 1. The lowest BCUT2D eigenvalue weighted by Gasteiger charge is -2.32. The van der Waals surface area contributed by atoms with Crippen LogP contribution in [0.1, 0.15) is 12.8 Å². The molecule has 0 aliphatic carbocycles. The molecule has 0 amide bonds. The summed E-state index contributed by atoms with van der Waals surface area (Å²) in [5.41, 5.74) is 0. The molecule has 0 bridgehead atoms. The molecule has 0 radical (unpaired) electrons. The average molecular weight is 182 g/mol. The van der Waals surface area contributed by atoms with Crippen molar-refractivity contribution in [2.24, 2.45) is 0 Å². The van der Waals surface area contributed by atoms with Crippen molar-refractivity contribution in [3.8, 4) is 0 Å². The predicted molar refractivity (Wildman–Crippen MR) is 40.8 cm³/mol. The van der Waals surface area contributed by atoms with Gasteiger partial charge in [0, 0.05) is 0 Å². The van der Waals surface area contributed by atoms with E-state index in [0.29, 0.717) is 25.9 Å². The molecule has 1 fully saturated rings. The second-order valence-corrected chi connectivity index (χ2v) is 3.24. The molecule has 0 atom stereocenters. The Hall–Kier alpha value is -0.225. The minimum atomic E-state index is -4.70. The van der Waals surface area contributed by atoms with Crippen molar-refractivity contribution in [1.82, 2.24) is 4.90 Å². The normalized spacial score (nSPS) is 23.0. The van der Waals surface area contributed by atoms with E-state index in [1.54, 1.807) is 0 Å². The van der Waals surface area contributed by atoms with E-state index in [0.717, 1.165) is 0 Å². The van der Waals surface area contributed by atoms with Gasteiger partial charge in [-0.05, 0) is 32.4 Å². The summed E-state index contributed by atoms with van der Waals surface area (Å²) in [6, 6.07) is 0. The number of piperidine rings is 1. The van der Waals surface area contributed by atoms with Gasteiger partial charge in [-0.3, -0.25) is 0 Å². The number of halogens is 3. The Balaban J connectivity index is 2.26. The van der Waals surface area contributed by atoms with E-state index in [2.05, 4.69) is 0 Å². The van der Waals surface area contributed by atoms with Crippen molar-refractivity contribution < 1.29 is 18.1 Å². The quantitative estimate of drug-likeness (QED) is 0.639. The number of aliphatic hydroxyl groups is 1. The number of hydrogen-bond acceptors (Lipinski definition) is 2. The zero-order valence-electron chi connectivity index (χ0n) is 6.72. The van der Waals surface area contributed by atoms with Crippen LogP contribution in [0.25, 0.3) is 0 Å². The summed E-state index contributed by atoms with van der Waals surface area (Å²) < 4.78 is 35.7. The summed E-state index contributed by atoms with van der Waals surface area (Å²) in [4.78, 5) is 1.35. The van der Waals surface area contributed by atoms with Gasteiger partial charge in [-0.25, -0.2) is 0 Å². The molecule has 1 saturated heterocycles. The monoisotopic (exact) mass is 182 g/mol. The SMILES string of the molecule is OC1CCN(C[B-](F)(F)F)CC1. The zero-order valence-corrected chi connectivity index (χ0v) is 6.72. The lowest BCUT2D eigenvalue weighted by molar-refractivity contribution is 0.0864. The maximum Gasteiger partial charge on any atom is 0.492 e. The standard InChI is InChI=1S/C6H12BF3NO/c8-7(9,10)5-11-3-1-6(12)2-4-11/h6,12H,1-5H2/q-1. The van der Waals surface area contributed by atoms with Crippen molar-refractivity contribution in [1.29, 1.82) is 0 Å². The first-order chi connectivity index (χ1) is 5.47. The summed E-state index contributed by atoms with van der Waals surface area (Å²) in [7, 11) is 0. The largest absolute Gasteiger partial charge is 0.492 e. The van der Waals surface area contributed by atoms with Gasteiger partial charge < -0.3 is 23.0 Å². The number of hydrogen-bond donors (Lipinski definition) is 1. The molecule has 1 aliphatic rings. The maximum absolute atomic E-state index is 11.9. The third kappa shape index (κ3) is 3.45. The van der Waals surface area contributed by atoms with Crippen LogP contribution in [0, 0.1) is 0 Å². The van der Waals surface area contributed by atoms with Crippen LogP contribution in [0.15, 0.2) is 0 Å². The lowest BCUT2D eigenvalue weighted by Crippen LogP contribution is -2.43. The van der Waals surface area contributed by atoms with Gasteiger partial charge in [0.25, 0.3) is 0 Å². The molecule has 1 heterocycles. The summed E-state index contributed by atoms with van der Waals surface area (Å²) in [5, 5.41) is 9.02. The molecule has 0 saturated carbocycles. The van der Waals surface area contributed by atoms with E-state index in [1.165, 1.54) is 4.90 Å². The van der Waals surface area contributed by atoms with E-state index >= 15 is 0 Å². The Morgan fingerprint density at radius 3 is 2.17 bits per heavy atom. The van der Waals surface area contributed by atoms with Crippen molar-refractivity contribution in [3.05, 3.63) is 0 Å². The first-order valence-corrected chi connectivity index (χ1v) is 4.09. The summed E-state index contributed by atoms with van der Waals surface area (Å²) >= 11 is 0. The molecule has 0 aromatic carbocycles. The highest BCUT2D eigenvalue weighted by Gasteiger charge is 2.28. The molecule has 2 nitrogen and oxygen atoms in total. The van der Waals surface area contributed by atoms with Crippen LogP contribution < -0.4 is 0 Å². The van der Waals surface area contributed by atoms with E-state index in [4.69, 9.17) is 5.11 Å². The van der Waals surface area contributed by atoms with Crippen LogP contribution in [0.4, 0.5) is 12.9 Å². The summed E-state index contributed by atoms with van der Waals surface area (Å²) in [5.74, 6) is 0. The summed E-state index contributed by atoms with van der Waals surface area (Å²) in [6.07, 6.45) is -0.257. The smallest absolute Gasteiger partial charge is 0.448 e. The topological polar surface area (TPSA) is 23.5 Å². The van der Waals surface area contributed by atoms with E-state index in [-0.39, 0.29) is 0 Å². The van der Waals surface area contributed by atoms with Crippen LogP contribution in [-0.2, 0) is 0 Å². The highest BCUT2D eigenvalue weighted by molar-refractivity contribution is 6.58. The van der Waals surface area contributed by atoms with Gasteiger partial charge in [0.15, 0.2) is 0 Å². The molecule has 1 N–H and O–H groups in total. The Labute approximate surface area is 69.4 Å². The second-order valence-electron chi connectivity index (χ2n) is 3.24. The number of rotatable bonds is 2. The number of likely N-dealkylation sites (tertiary alicyclic amines) is 1. The molecule has 0 unspecified atom stereocenters. The fourth-order valence-electron chi connectivity index (χ4n) is 1.39. The molecule has 1 rings (SSSR count). The third-order valence-corrected chi connectivity index (χ3v) is 2.02. The van der Waals surface area contributed by atoms with Crippen molar-refractivity contribution in [2.45, 2.75) is 18.9 Å². The predicted octanol–water partition coefficient (Wildman–Crippen LogP) is 0.830. The Kier molecular flexibility index (Phi) is 3.01. The van der Waals surface area contributed by atoms with E-state index in [1.807, 2.05) is 0 Å². The summed E-state index contributed by atoms with van der Waals surface area (Å²) in [6.45, 7) is -3.97. The fourth-order valence-corrected chi connectivity index (χ4v) is 1.39. The van der Waals surface area contributed by atoms with Gasteiger partial charge in [-0.2, -0.15) is 0 Å². The molecular weight excluding hydrogens is 170 g/mol. The van der Waals surface area contributed by atoms with Gasteiger partial charge in [0.2, 0.25) is 0 Å².